The van der Waals surface area contributed by atoms with Crippen molar-refractivity contribution in [3.05, 3.63) is 101 Å². The number of nitro groups is 1. The lowest BCUT2D eigenvalue weighted by atomic mass is 10.1. The zero-order valence-electron chi connectivity index (χ0n) is 18.4. The van der Waals surface area contributed by atoms with Gasteiger partial charge in [-0.25, -0.2) is 17.8 Å². The molecule has 0 fully saturated rings. The molecule has 0 saturated carbocycles. The number of aromatic nitrogens is 2. The Labute approximate surface area is 200 Å². The van der Waals surface area contributed by atoms with E-state index >= 15 is 0 Å². The largest absolute Gasteiger partial charge is 0.274 e. The van der Waals surface area contributed by atoms with E-state index in [1.54, 1.807) is 29.2 Å². The molecule has 0 spiro atoms. The molecular weight excluding hydrogens is 470 g/mol. The fourth-order valence-electron chi connectivity index (χ4n) is 3.27. The molecule has 1 aromatic heterocycles. The maximum atomic E-state index is 12.1. The molecule has 0 bridgehead atoms. The fourth-order valence-corrected chi connectivity index (χ4v) is 4.26. The summed E-state index contributed by atoms with van der Waals surface area (Å²) in [4.78, 5) is 26.0. The monoisotopic (exact) mass is 489 g/mol. The van der Waals surface area contributed by atoms with Gasteiger partial charge in [-0.2, -0.15) is 5.10 Å². The lowest BCUT2D eigenvalue weighted by molar-refractivity contribution is -0.384. The van der Waals surface area contributed by atoms with Crippen molar-refractivity contribution in [2.75, 3.05) is 0 Å². The van der Waals surface area contributed by atoms with Gasteiger partial charge in [0, 0.05) is 42.6 Å². The topological polar surface area (TPSA) is 137 Å². The van der Waals surface area contributed by atoms with Gasteiger partial charge in [0.15, 0.2) is 0 Å². The third-order valence-corrected chi connectivity index (χ3v) is 6.34. The number of nitrogens with one attached hydrogen (secondary N) is 1. The smallest absolute Gasteiger partial charge is 0.269 e. The van der Waals surface area contributed by atoms with Gasteiger partial charge < -0.3 is 0 Å². The Morgan fingerprint density at radius 2 is 1.69 bits per heavy atom. The number of nitrogens with zero attached hydrogens (tertiary/aromatic N) is 4. The van der Waals surface area contributed by atoms with Gasteiger partial charge in [0.25, 0.3) is 15.7 Å². The third-order valence-electron chi connectivity index (χ3n) is 4.89. The molecule has 3 aromatic carbocycles. The Kier molecular flexibility index (Phi) is 6.51. The van der Waals surface area contributed by atoms with Crippen molar-refractivity contribution >= 4 is 33.5 Å². The van der Waals surface area contributed by atoms with Gasteiger partial charge in [-0.05, 0) is 36.4 Å². The fraction of sp³-hybridized carbons (Fsp3) is 0.0417. The highest BCUT2D eigenvalue weighted by molar-refractivity contribution is 7.90. The molecule has 1 heterocycles. The predicted octanol–water partition coefficient (Wildman–Crippen LogP) is 4.02. The van der Waals surface area contributed by atoms with Crippen molar-refractivity contribution in [2.45, 2.75) is 11.8 Å². The maximum absolute atomic E-state index is 12.1. The average Bonchev–Trinajstić information content (AvgIpc) is 3.27. The van der Waals surface area contributed by atoms with Crippen LogP contribution in [0, 0.1) is 10.1 Å². The van der Waals surface area contributed by atoms with Crippen molar-refractivity contribution in [3.63, 3.8) is 0 Å². The number of amides is 1. The first kappa shape index (κ1) is 23.5. The van der Waals surface area contributed by atoms with Crippen LogP contribution in [0.4, 0.5) is 11.4 Å². The van der Waals surface area contributed by atoms with Gasteiger partial charge in [0.1, 0.15) is 5.69 Å². The number of sulfonamides is 1. The van der Waals surface area contributed by atoms with Gasteiger partial charge in [-0.15, -0.1) is 0 Å². The molecule has 0 aliphatic carbocycles. The van der Waals surface area contributed by atoms with Crippen LogP contribution in [-0.4, -0.2) is 35.2 Å². The molecule has 11 heteroatoms. The summed E-state index contributed by atoms with van der Waals surface area (Å²) in [6, 6.07) is 21.3. The average molecular weight is 490 g/mol. The van der Waals surface area contributed by atoms with Gasteiger partial charge in [0.05, 0.1) is 21.2 Å². The number of nitro benzene ring substituents is 1. The van der Waals surface area contributed by atoms with E-state index in [2.05, 4.69) is 10.1 Å². The number of hydrogen-bond acceptors (Lipinski definition) is 7. The minimum atomic E-state index is -3.93. The van der Waals surface area contributed by atoms with E-state index in [9.17, 15) is 23.3 Å². The van der Waals surface area contributed by atoms with E-state index in [-0.39, 0.29) is 10.6 Å². The summed E-state index contributed by atoms with van der Waals surface area (Å²) in [5.41, 5.74) is 3.30. The van der Waals surface area contributed by atoms with Crippen molar-refractivity contribution < 1.29 is 18.1 Å². The number of benzene rings is 3. The second-order valence-corrected chi connectivity index (χ2v) is 9.11. The highest BCUT2D eigenvalue weighted by Crippen LogP contribution is 2.24. The highest BCUT2D eigenvalue weighted by atomic mass is 32.2. The second-order valence-electron chi connectivity index (χ2n) is 7.43. The zero-order valence-corrected chi connectivity index (χ0v) is 19.2. The van der Waals surface area contributed by atoms with Crippen LogP contribution in [0.5, 0.6) is 0 Å². The number of rotatable bonds is 7. The van der Waals surface area contributed by atoms with Crippen molar-refractivity contribution in [2.24, 2.45) is 4.99 Å². The van der Waals surface area contributed by atoms with E-state index in [1.807, 2.05) is 35.1 Å². The van der Waals surface area contributed by atoms with Gasteiger partial charge >= 0.3 is 0 Å². The zero-order chi connectivity index (χ0) is 25.0. The Morgan fingerprint density at radius 1 is 1.03 bits per heavy atom. The molecule has 0 radical (unpaired) electrons. The minimum absolute atomic E-state index is 0.0186. The first-order valence-corrected chi connectivity index (χ1v) is 11.8. The molecule has 4 aromatic rings. The molecule has 1 N–H and O–H groups in total. The minimum Gasteiger partial charge on any atom is -0.274 e. The Hall–Kier alpha value is -4.64. The van der Waals surface area contributed by atoms with Crippen LogP contribution in [0.15, 0.2) is 94.9 Å². The van der Waals surface area contributed by atoms with Gasteiger partial charge in [-0.1, -0.05) is 30.3 Å². The molecule has 0 saturated heterocycles. The normalized spacial score (nSPS) is 11.5. The van der Waals surface area contributed by atoms with Crippen LogP contribution in [0.2, 0.25) is 0 Å². The van der Waals surface area contributed by atoms with Crippen LogP contribution in [0.1, 0.15) is 12.5 Å². The number of carbonyl (C=O) groups excluding carboxylic acids is 1. The molecule has 0 aliphatic heterocycles. The molecular formula is C24H19N5O5S. The van der Waals surface area contributed by atoms with Crippen LogP contribution in [0.25, 0.3) is 16.9 Å². The van der Waals surface area contributed by atoms with E-state index < -0.39 is 20.9 Å². The first-order chi connectivity index (χ1) is 16.7. The summed E-state index contributed by atoms with van der Waals surface area (Å²) >= 11 is 0. The predicted molar refractivity (Wildman–Crippen MR) is 130 cm³/mol. The molecule has 176 valence electrons. The number of hydrogen-bond donors (Lipinski definition) is 1. The molecule has 0 aliphatic rings. The summed E-state index contributed by atoms with van der Waals surface area (Å²) in [6.07, 6.45) is 3.36. The quantitative estimate of drug-likeness (QED) is 0.236. The van der Waals surface area contributed by atoms with Crippen LogP contribution in [0.3, 0.4) is 0 Å². The van der Waals surface area contributed by atoms with E-state index in [4.69, 9.17) is 0 Å². The van der Waals surface area contributed by atoms with Crippen molar-refractivity contribution in [3.8, 4) is 16.9 Å². The Morgan fingerprint density at radius 3 is 2.29 bits per heavy atom. The SMILES string of the molecule is CC(=O)NS(=O)(=O)c1ccc(N=Cc2cn(-c3ccc([N+](=O)[O-])cc3)nc2-c2ccccc2)cc1. The highest BCUT2D eigenvalue weighted by Gasteiger charge is 2.15. The summed E-state index contributed by atoms with van der Waals surface area (Å²) in [6.45, 7) is 1.12. The van der Waals surface area contributed by atoms with Crippen molar-refractivity contribution in [1.82, 2.24) is 14.5 Å². The maximum Gasteiger partial charge on any atom is 0.269 e. The molecule has 0 atom stereocenters. The lowest BCUT2D eigenvalue weighted by Gasteiger charge is -2.04. The molecule has 10 nitrogen and oxygen atoms in total. The summed E-state index contributed by atoms with van der Waals surface area (Å²) < 4.78 is 27.7. The lowest BCUT2D eigenvalue weighted by Crippen LogP contribution is -2.28. The van der Waals surface area contributed by atoms with Crippen LogP contribution in [-0.2, 0) is 14.8 Å². The number of carbonyl (C=O) groups is 1. The molecule has 35 heavy (non-hydrogen) atoms. The second kappa shape index (κ2) is 9.69. The van der Waals surface area contributed by atoms with Gasteiger partial charge in [-0.3, -0.25) is 19.9 Å². The van der Waals surface area contributed by atoms with Crippen LogP contribution >= 0.6 is 0 Å². The first-order valence-electron chi connectivity index (χ1n) is 10.3. The van der Waals surface area contributed by atoms with Crippen LogP contribution < -0.4 is 4.72 Å². The number of non-ortho nitro benzene ring substituents is 1. The van der Waals surface area contributed by atoms with E-state index in [0.29, 0.717) is 22.6 Å². The summed E-state index contributed by atoms with van der Waals surface area (Å²) in [7, 11) is -3.93. The third kappa shape index (κ3) is 5.47. The Bertz CT molecular complexity index is 1510. The standard InChI is InChI=1S/C24H19N5O5S/c1-17(30)27-35(33,34)23-13-7-20(8-14-23)25-15-19-16-28(21-9-11-22(12-10-21)29(31)32)26-24(19)18-5-3-2-4-6-18/h2-16H,1H3,(H,27,30). The summed E-state index contributed by atoms with van der Waals surface area (Å²) in [5.74, 6) is -0.675. The molecule has 0 unspecified atom stereocenters. The summed E-state index contributed by atoms with van der Waals surface area (Å²) in [5, 5.41) is 15.6. The van der Waals surface area contributed by atoms with Gasteiger partial charge in [0.2, 0.25) is 5.91 Å². The Balaban J connectivity index is 1.67. The number of aliphatic imine (C=N–C) groups is 1. The van der Waals surface area contributed by atoms with Crippen molar-refractivity contribution in [1.29, 1.82) is 0 Å². The van der Waals surface area contributed by atoms with E-state index in [1.165, 1.54) is 36.4 Å². The molecule has 4 rings (SSSR count). The van der Waals surface area contributed by atoms with E-state index in [0.717, 1.165) is 12.5 Å². The molecule has 1 amide bonds.